The van der Waals surface area contributed by atoms with E-state index in [2.05, 4.69) is 10.2 Å². The Labute approximate surface area is 193 Å². The number of hydrogen-bond acceptors (Lipinski definition) is 7. The molecule has 0 fully saturated rings. The summed E-state index contributed by atoms with van der Waals surface area (Å²) in [5.41, 5.74) is 2.54. The number of aryl methyl sites for hydroxylation is 2. The van der Waals surface area contributed by atoms with Crippen molar-refractivity contribution >= 4 is 17.5 Å². The number of nitrogens with zero attached hydrogens (tertiary/aromatic N) is 3. The predicted octanol–water partition coefficient (Wildman–Crippen LogP) is 5.05. The van der Waals surface area contributed by atoms with Gasteiger partial charge in [-0.25, -0.2) is 0 Å². The van der Waals surface area contributed by atoms with Crippen molar-refractivity contribution in [3.8, 4) is 17.2 Å². The summed E-state index contributed by atoms with van der Waals surface area (Å²) < 4.78 is 18.8. The molecule has 2 aromatic carbocycles. The van der Waals surface area contributed by atoms with Crippen LogP contribution in [0.15, 0.2) is 41.6 Å². The Bertz CT molecular complexity index is 1100. The molecule has 1 aromatic heterocycles. The Kier molecular flexibility index (Phi) is 7.80. The molecule has 0 N–H and O–H groups in total. The van der Waals surface area contributed by atoms with Crippen LogP contribution in [0, 0.1) is 13.8 Å². The van der Waals surface area contributed by atoms with E-state index in [1.54, 1.807) is 14.2 Å². The summed E-state index contributed by atoms with van der Waals surface area (Å²) in [6, 6.07) is 11.3. The van der Waals surface area contributed by atoms with Crippen molar-refractivity contribution in [3.63, 3.8) is 0 Å². The van der Waals surface area contributed by atoms with Crippen LogP contribution in [-0.4, -0.2) is 40.5 Å². The van der Waals surface area contributed by atoms with E-state index in [9.17, 15) is 4.79 Å². The number of aromatic nitrogens is 3. The van der Waals surface area contributed by atoms with Gasteiger partial charge < -0.3 is 18.8 Å². The van der Waals surface area contributed by atoms with Gasteiger partial charge in [0, 0.05) is 12.1 Å². The van der Waals surface area contributed by atoms with E-state index < -0.39 is 0 Å². The van der Waals surface area contributed by atoms with Crippen LogP contribution in [-0.2, 0) is 6.54 Å². The fourth-order valence-corrected chi connectivity index (χ4v) is 4.37. The molecule has 3 aromatic rings. The highest BCUT2D eigenvalue weighted by atomic mass is 32.2. The van der Waals surface area contributed by atoms with E-state index >= 15 is 0 Å². The Balaban J connectivity index is 1.74. The molecule has 32 heavy (non-hydrogen) atoms. The molecule has 3 rings (SSSR count). The lowest BCUT2D eigenvalue weighted by atomic mass is 10.0. The summed E-state index contributed by atoms with van der Waals surface area (Å²) in [6.45, 7) is 8.46. The first kappa shape index (κ1) is 23.7. The van der Waals surface area contributed by atoms with Crippen LogP contribution in [0.5, 0.6) is 17.2 Å². The molecule has 170 valence electrons. The van der Waals surface area contributed by atoms with E-state index in [0.717, 1.165) is 16.9 Å². The number of carbonyl (C=O) groups is 1. The van der Waals surface area contributed by atoms with Gasteiger partial charge in [0.1, 0.15) is 5.75 Å². The molecule has 0 aliphatic rings. The summed E-state index contributed by atoms with van der Waals surface area (Å²) in [7, 11) is 3.24. The van der Waals surface area contributed by atoms with Crippen LogP contribution in [0.3, 0.4) is 0 Å². The van der Waals surface area contributed by atoms with Crippen LogP contribution in [0.2, 0.25) is 0 Å². The summed E-state index contributed by atoms with van der Waals surface area (Å²) in [6.07, 6.45) is -0.338. The van der Waals surface area contributed by atoms with Crippen molar-refractivity contribution < 1.29 is 19.0 Å². The van der Waals surface area contributed by atoms with Gasteiger partial charge in [-0.2, -0.15) is 0 Å². The third-order valence-corrected chi connectivity index (χ3v) is 6.14. The zero-order chi connectivity index (χ0) is 23.3. The van der Waals surface area contributed by atoms with Crippen LogP contribution in [0.1, 0.15) is 47.3 Å². The fraction of sp³-hybridized carbons (Fsp3) is 0.375. The third-order valence-electron chi connectivity index (χ3n) is 5.17. The number of methoxy groups -OCH3 is 2. The zero-order valence-corrected chi connectivity index (χ0v) is 20.2. The number of ketones is 1. The van der Waals surface area contributed by atoms with E-state index in [-0.39, 0.29) is 17.6 Å². The maximum atomic E-state index is 12.9. The molecule has 7 nitrogen and oxygen atoms in total. The van der Waals surface area contributed by atoms with Crippen molar-refractivity contribution in [2.24, 2.45) is 0 Å². The minimum Gasteiger partial charge on any atom is -0.496 e. The molecular formula is C24H29N3O4S. The summed E-state index contributed by atoms with van der Waals surface area (Å²) in [4.78, 5) is 12.9. The van der Waals surface area contributed by atoms with E-state index in [4.69, 9.17) is 14.2 Å². The number of Topliss-reactive ketones (excluding diaryl/α,β-unsaturated/α-hetero) is 1. The van der Waals surface area contributed by atoms with Gasteiger partial charge >= 0.3 is 0 Å². The summed E-state index contributed by atoms with van der Waals surface area (Å²) >= 11 is 1.38. The topological polar surface area (TPSA) is 75.5 Å². The maximum absolute atomic E-state index is 12.9. The molecule has 1 unspecified atom stereocenters. The van der Waals surface area contributed by atoms with Crippen molar-refractivity contribution in [1.82, 2.24) is 14.8 Å². The number of carbonyl (C=O) groups excluding carboxylic acids is 1. The number of para-hydroxylation sites is 2. The largest absolute Gasteiger partial charge is 0.496 e. The molecule has 8 heteroatoms. The minimum atomic E-state index is -0.338. The number of ether oxygens (including phenoxy) is 3. The molecule has 0 radical (unpaired) electrons. The molecule has 0 saturated heterocycles. The first-order chi connectivity index (χ1) is 15.4. The highest BCUT2D eigenvalue weighted by Crippen LogP contribution is 2.31. The smallest absolute Gasteiger partial charge is 0.191 e. The molecule has 1 atom stereocenters. The lowest BCUT2D eigenvalue weighted by Gasteiger charge is -2.17. The van der Waals surface area contributed by atoms with Crippen molar-refractivity contribution in [3.05, 3.63) is 58.9 Å². The van der Waals surface area contributed by atoms with Gasteiger partial charge in [-0.15, -0.1) is 10.2 Å². The van der Waals surface area contributed by atoms with Crippen LogP contribution < -0.4 is 14.2 Å². The molecule has 0 bridgehead atoms. The van der Waals surface area contributed by atoms with Gasteiger partial charge in [0.15, 0.2) is 34.4 Å². The van der Waals surface area contributed by atoms with Gasteiger partial charge in [0.25, 0.3) is 0 Å². The lowest BCUT2D eigenvalue weighted by molar-refractivity contribution is 0.102. The van der Waals surface area contributed by atoms with Gasteiger partial charge in [-0.05, 0) is 63.1 Å². The maximum Gasteiger partial charge on any atom is 0.191 e. The van der Waals surface area contributed by atoms with Gasteiger partial charge in [-0.1, -0.05) is 23.9 Å². The summed E-state index contributed by atoms with van der Waals surface area (Å²) in [5.74, 6) is 3.10. The standard InChI is InChI=1S/C24H29N3O4S/c1-7-27-23(17(4)31-21-11-9-8-10-20(21)29-5)25-26-24(27)32-14-19(28)18-12-16(3)22(30-6)13-15(18)2/h8-13,17H,7,14H2,1-6H3. The fourth-order valence-electron chi connectivity index (χ4n) is 3.48. The highest BCUT2D eigenvalue weighted by Gasteiger charge is 2.21. The Morgan fingerprint density at radius 1 is 1.03 bits per heavy atom. The molecule has 0 saturated carbocycles. The third kappa shape index (κ3) is 5.07. The molecule has 0 aliphatic carbocycles. The van der Waals surface area contributed by atoms with Crippen molar-refractivity contribution in [2.45, 2.75) is 45.5 Å². The molecule has 0 aliphatic heterocycles. The van der Waals surface area contributed by atoms with E-state index in [0.29, 0.717) is 34.6 Å². The first-order valence-corrected chi connectivity index (χ1v) is 11.4. The van der Waals surface area contributed by atoms with E-state index in [1.807, 2.05) is 68.7 Å². The summed E-state index contributed by atoms with van der Waals surface area (Å²) in [5, 5.41) is 9.35. The van der Waals surface area contributed by atoms with Gasteiger partial charge in [-0.3, -0.25) is 4.79 Å². The van der Waals surface area contributed by atoms with Gasteiger partial charge in [0.05, 0.1) is 20.0 Å². The predicted molar refractivity (Wildman–Crippen MR) is 125 cm³/mol. The lowest BCUT2D eigenvalue weighted by Crippen LogP contribution is -2.13. The Morgan fingerprint density at radius 2 is 1.72 bits per heavy atom. The first-order valence-electron chi connectivity index (χ1n) is 10.4. The van der Waals surface area contributed by atoms with E-state index in [1.165, 1.54) is 11.8 Å². The normalized spacial score (nSPS) is 11.8. The minimum absolute atomic E-state index is 0.0452. The molecular weight excluding hydrogens is 426 g/mol. The number of hydrogen-bond donors (Lipinski definition) is 0. The second-order valence-corrected chi connectivity index (χ2v) is 8.29. The van der Waals surface area contributed by atoms with Crippen LogP contribution in [0.25, 0.3) is 0 Å². The van der Waals surface area contributed by atoms with Crippen LogP contribution in [0.4, 0.5) is 0 Å². The SMILES string of the molecule is CCn1c(SCC(=O)c2cc(C)c(OC)cc2C)nnc1C(C)Oc1ccccc1OC. The number of rotatable bonds is 10. The van der Waals surface area contributed by atoms with Crippen molar-refractivity contribution in [2.75, 3.05) is 20.0 Å². The highest BCUT2D eigenvalue weighted by molar-refractivity contribution is 7.99. The molecule has 0 amide bonds. The molecule has 0 spiro atoms. The molecule has 1 heterocycles. The average molecular weight is 456 g/mol. The van der Waals surface area contributed by atoms with Gasteiger partial charge in [0.2, 0.25) is 0 Å². The average Bonchev–Trinajstić information content (AvgIpc) is 3.22. The zero-order valence-electron chi connectivity index (χ0n) is 19.3. The number of benzene rings is 2. The second-order valence-electron chi connectivity index (χ2n) is 7.34. The Hall–Kier alpha value is -3.00. The van der Waals surface area contributed by atoms with Crippen molar-refractivity contribution in [1.29, 1.82) is 0 Å². The Morgan fingerprint density at radius 3 is 2.38 bits per heavy atom. The number of thioether (sulfide) groups is 1. The quantitative estimate of drug-likeness (QED) is 0.313. The van der Waals surface area contributed by atoms with Crippen LogP contribution >= 0.6 is 11.8 Å². The second kappa shape index (κ2) is 10.5. The monoisotopic (exact) mass is 455 g/mol.